The van der Waals surface area contributed by atoms with Crippen molar-refractivity contribution in [3.8, 4) is 0 Å². The van der Waals surface area contributed by atoms with Crippen molar-refractivity contribution in [3.05, 3.63) is 24.1 Å². The maximum Gasteiger partial charge on any atom is 0.192 e. The summed E-state index contributed by atoms with van der Waals surface area (Å²) in [5, 5.41) is 3.64. The predicted octanol–water partition coefficient (Wildman–Crippen LogP) is 4.52. The second kappa shape index (κ2) is 4.55. The minimum Gasteiger partial charge on any atom is -0.441 e. The summed E-state index contributed by atoms with van der Waals surface area (Å²) in [5.41, 5.74) is 3.49. The molecule has 1 aliphatic rings. The van der Waals surface area contributed by atoms with Crippen LogP contribution in [0.2, 0.25) is 0 Å². The molecule has 3 heteroatoms. The Labute approximate surface area is 114 Å². The first-order valence-corrected chi connectivity index (χ1v) is 7.16. The van der Waals surface area contributed by atoms with Crippen LogP contribution >= 0.6 is 0 Å². The molecule has 0 spiro atoms. The second-order valence-electron chi connectivity index (χ2n) is 6.50. The van der Waals surface area contributed by atoms with Crippen molar-refractivity contribution in [2.24, 2.45) is 5.41 Å². The van der Waals surface area contributed by atoms with Crippen molar-refractivity contribution < 1.29 is 4.42 Å². The summed E-state index contributed by atoms with van der Waals surface area (Å²) in [7, 11) is 0. The molecule has 0 atom stereocenters. The fourth-order valence-corrected chi connectivity index (χ4v) is 2.91. The zero-order valence-electron chi connectivity index (χ0n) is 12.0. The van der Waals surface area contributed by atoms with Gasteiger partial charge in [-0.1, -0.05) is 13.8 Å². The number of hydrogen-bond acceptors (Lipinski definition) is 3. The average Bonchev–Trinajstić information content (AvgIpc) is 2.71. The smallest absolute Gasteiger partial charge is 0.192 e. The van der Waals surface area contributed by atoms with E-state index in [0.29, 0.717) is 11.5 Å². The molecule has 19 heavy (non-hydrogen) atoms. The van der Waals surface area contributed by atoms with Gasteiger partial charge < -0.3 is 9.73 Å². The highest BCUT2D eigenvalue weighted by molar-refractivity contribution is 5.77. The van der Waals surface area contributed by atoms with Crippen molar-refractivity contribution in [1.82, 2.24) is 4.98 Å². The highest BCUT2D eigenvalue weighted by Gasteiger charge is 2.26. The Hall–Kier alpha value is -1.51. The van der Waals surface area contributed by atoms with Gasteiger partial charge in [0.25, 0.3) is 0 Å². The molecule has 0 unspecified atom stereocenters. The lowest BCUT2D eigenvalue weighted by molar-refractivity contribution is 0.232. The number of benzene rings is 1. The monoisotopic (exact) mass is 258 g/mol. The van der Waals surface area contributed by atoms with E-state index in [1.165, 1.54) is 25.7 Å². The van der Waals surface area contributed by atoms with E-state index >= 15 is 0 Å². The Morgan fingerprint density at radius 3 is 2.74 bits per heavy atom. The highest BCUT2D eigenvalue weighted by atomic mass is 16.3. The maximum absolute atomic E-state index is 5.50. The Morgan fingerprint density at radius 2 is 2.00 bits per heavy atom. The molecule has 0 aliphatic heterocycles. The lowest BCUT2D eigenvalue weighted by Gasteiger charge is -2.35. The second-order valence-corrected chi connectivity index (χ2v) is 6.50. The third kappa shape index (κ3) is 2.75. The van der Waals surface area contributed by atoms with Crippen molar-refractivity contribution in [2.75, 3.05) is 5.32 Å². The Bertz CT molecular complexity index is 575. The summed E-state index contributed by atoms with van der Waals surface area (Å²) >= 11 is 0. The molecule has 2 aromatic rings. The number of fused-ring (bicyclic) bond motifs is 1. The van der Waals surface area contributed by atoms with Crippen molar-refractivity contribution in [2.45, 2.75) is 52.5 Å². The fraction of sp³-hybridized carbons (Fsp3) is 0.562. The Balaban J connectivity index is 1.71. The van der Waals surface area contributed by atoms with Crippen LogP contribution in [0.1, 0.15) is 45.4 Å². The molecule has 0 bridgehead atoms. The molecule has 1 heterocycles. The molecule has 1 N–H and O–H groups in total. The Kier molecular flexibility index (Phi) is 3.00. The van der Waals surface area contributed by atoms with Gasteiger partial charge in [-0.2, -0.15) is 0 Å². The molecule has 1 aliphatic carbocycles. The third-order valence-corrected chi connectivity index (χ3v) is 4.20. The van der Waals surface area contributed by atoms with E-state index < -0.39 is 0 Å². The zero-order valence-corrected chi connectivity index (χ0v) is 12.0. The summed E-state index contributed by atoms with van der Waals surface area (Å²) in [4.78, 5) is 4.38. The first-order valence-electron chi connectivity index (χ1n) is 7.16. The van der Waals surface area contributed by atoms with Crippen LogP contribution < -0.4 is 5.32 Å². The van der Waals surface area contributed by atoms with Crippen LogP contribution in [-0.4, -0.2) is 11.0 Å². The molecule has 1 fully saturated rings. The van der Waals surface area contributed by atoms with Gasteiger partial charge in [-0.3, -0.25) is 0 Å². The van der Waals surface area contributed by atoms with Crippen LogP contribution in [0.5, 0.6) is 0 Å². The van der Waals surface area contributed by atoms with E-state index in [0.717, 1.165) is 22.7 Å². The van der Waals surface area contributed by atoms with Gasteiger partial charge in [0.1, 0.15) is 5.52 Å². The third-order valence-electron chi connectivity index (χ3n) is 4.20. The first kappa shape index (κ1) is 12.5. The van der Waals surface area contributed by atoms with Crippen LogP contribution in [-0.2, 0) is 0 Å². The largest absolute Gasteiger partial charge is 0.441 e. The number of nitrogens with zero attached hydrogens (tertiary/aromatic N) is 1. The molecule has 1 aromatic carbocycles. The van der Waals surface area contributed by atoms with E-state index in [1.807, 2.05) is 13.0 Å². The molecular formula is C16H22N2O. The van der Waals surface area contributed by atoms with E-state index in [9.17, 15) is 0 Å². The quantitative estimate of drug-likeness (QED) is 0.860. The molecule has 0 saturated heterocycles. The number of aryl methyl sites for hydroxylation is 1. The van der Waals surface area contributed by atoms with Crippen LogP contribution in [0.25, 0.3) is 11.1 Å². The SMILES string of the molecule is Cc1nc2cc(NC3CCC(C)(C)CC3)ccc2o1. The fourth-order valence-electron chi connectivity index (χ4n) is 2.91. The minimum absolute atomic E-state index is 0.519. The van der Waals surface area contributed by atoms with Crippen LogP contribution in [0.15, 0.2) is 22.6 Å². The topological polar surface area (TPSA) is 38.1 Å². The van der Waals surface area contributed by atoms with Crippen molar-refractivity contribution >= 4 is 16.8 Å². The van der Waals surface area contributed by atoms with Gasteiger partial charge in [0.2, 0.25) is 0 Å². The lowest BCUT2D eigenvalue weighted by atomic mass is 9.75. The summed E-state index contributed by atoms with van der Waals surface area (Å²) in [6.07, 6.45) is 5.11. The number of anilines is 1. The molecule has 102 valence electrons. The van der Waals surface area contributed by atoms with Crippen LogP contribution in [0.3, 0.4) is 0 Å². The number of hydrogen-bond donors (Lipinski definition) is 1. The summed E-state index contributed by atoms with van der Waals surface area (Å²) < 4.78 is 5.50. The number of nitrogens with one attached hydrogen (secondary N) is 1. The lowest BCUT2D eigenvalue weighted by Crippen LogP contribution is -2.29. The van der Waals surface area contributed by atoms with Gasteiger partial charge in [-0.25, -0.2) is 4.98 Å². The van der Waals surface area contributed by atoms with E-state index in [1.54, 1.807) is 0 Å². The van der Waals surface area contributed by atoms with E-state index in [4.69, 9.17) is 4.42 Å². The van der Waals surface area contributed by atoms with Gasteiger partial charge in [-0.05, 0) is 49.3 Å². The number of rotatable bonds is 2. The molecule has 1 saturated carbocycles. The van der Waals surface area contributed by atoms with Gasteiger partial charge >= 0.3 is 0 Å². The van der Waals surface area contributed by atoms with E-state index in [2.05, 4.69) is 36.3 Å². The van der Waals surface area contributed by atoms with Crippen molar-refractivity contribution in [3.63, 3.8) is 0 Å². The Morgan fingerprint density at radius 1 is 1.26 bits per heavy atom. The molecule has 3 rings (SSSR count). The standard InChI is InChI=1S/C16H22N2O/c1-11-17-14-10-13(4-5-15(14)19-11)18-12-6-8-16(2,3)9-7-12/h4-5,10,12,18H,6-9H2,1-3H3. The highest BCUT2D eigenvalue weighted by Crippen LogP contribution is 2.36. The molecule has 1 aromatic heterocycles. The molecular weight excluding hydrogens is 236 g/mol. The number of oxazole rings is 1. The number of aromatic nitrogens is 1. The van der Waals surface area contributed by atoms with Gasteiger partial charge in [0.15, 0.2) is 11.5 Å². The van der Waals surface area contributed by atoms with Crippen LogP contribution in [0, 0.1) is 12.3 Å². The van der Waals surface area contributed by atoms with Gasteiger partial charge in [0.05, 0.1) is 0 Å². The zero-order chi connectivity index (χ0) is 13.5. The summed E-state index contributed by atoms with van der Waals surface area (Å²) in [6, 6.07) is 6.78. The van der Waals surface area contributed by atoms with Crippen molar-refractivity contribution in [1.29, 1.82) is 0 Å². The van der Waals surface area contributed by atoms with Gasteiger partial charge in [-0.15, -0.1) is 0 Å². The summed E-state index contributed by atoms with van der Waals surface area (Å²) in [6.45, 7) is 6.62. The molecule has 0 radical (unpaired) electrons. The maximum atomic E-state index is 5.50. The average molecular weight is 258 g/mol. The van der Waals surface area contributed by atoms with Crippen LogP contribution in [0.4, 0.5) is 5.69 Å². The minimum atomic E-state index is 0.519. The van der Waals surface area contributed by atoms with E-state index in [-0.39, 0.29) is 0 Å². The van der Waals surface area contributed by atoms with Gasteiger partial charge in [0, 0.05) is 18.7 Å². The molecule has 3 nitrogen and oxygen atoms in total. The predicted molar refractivity (Wildman–Crippen MR) is 78.4 cm³/mol. The summed E-state index contributed by atoms with van der Waals surface area (Å²) in [5.74, 6) is 0.728. The first-order chi connectivity index (χ1) is 9.02. The molecule has 0 amide bonds. The normalized spacial score (nSPS) is 19.7.